The molecule has 0 radical (unpaired) electrons. The number of thiophene rings is 1. The molecule has 0 spiro atoms. The van der Waals surface area contributed by atoms with Gasteiger partial charge in [0, 0.05) is 9.90 Å². The van der Waals surface area contributed by atoms with Crippen LogP contribution in [0, 0.1) is 6.92 Å². The maximum absolute atomic E-state index is 12.6. The van der Waals surface area contributed by atoms with E-state index in [1.54, 1.807) is 31.2 Å². The molecule has 10 heteroatoms. The number of aryl methyl sites for hydroxylation is 1. The van der Waals surface area contributed by atoms with Gasteiger partial charge in [0.15, 0.2) is 0 Å². The summed E-state index contributed by atoms with van der Waals surface area (Å²) in [6, 6.07) is 15.1. The molecular weight excluding hydrogens is 428 g/mol. The Kier molecular flexibility index (Phi) is 5.48. The number of hydrogen-bond donors (Lipinski definition) is 2. The van der Waals surface area contributed by atoms with Gasteiger partial charge in [-0.15, -0.1) is 11.3 Å². The topological polar surface area (TPSA) is 92.3 Å². The molecule has 2 N–H and O–H groups in total. The van der Waals surface area contributed by atoms with Gasteiger partial charge in [0.05, 0.1) is 16.3 Å². The largest absolute Gasteiger partial charge is 0.280 e. The maximum Gasteiger partial charge on any atom is 0.271 e. The molecule has 0 aliphatic rings. The van der Waals surface area contributed by atoms with Crippen molar-refractivity contribution in [3.05, 3.63) is 70.6 Å². The second kappa shape index (κ2) is 7.51. The molecule has 3 rings (SSSR count). The van der Waals surface area contributed by atoms with Gasteiger partial charge in [-0.1, -0.05) is 23.7 Å². The van der Waals surface area contributed by atoms with Crippen LogP contribution in [0.3, 0.4) is 0 Å². The molecule has 0 bridgehead atoms. The summed E-state index contributed by atoms with van der Waals surface area (Å²) in [5.41, 5.74) is 0.456. The lowest BCUT2D eigenvalue weighted by molar-refractivity contribution is 0.599. The summed E-state index contributed by atoms with van der Waals surface area (Å²) in [4.78, 5) is 0.780. The number of sulfonamides is 2. The third-order valence-electron chi connectivity index (χ3n) is 3.45. The Balaban J connectivity index is 1.86. The highest BCUT2D eigenvalue weighted by Crippen LogP contribution is 2.25. The predicted octanol–water partition coefficient (Wildman–Crippen LogP) is 4.31. The molecular formula is C17H15ClN2O4S3. The van der Waals surface area contributed by atoms with Crippen molar-refractivity contribution in [3.8, 4) is 0 Å². The van der Waals surface area contributed by atoms with E-state index in [2.05, 4.69) is 9.44 Å². The summed E-state index contributed by atoms with van der Waals surface area (Å²) in [5.74, 6) is 0. The van der Waals surface area contributed by atoms with Crippen molar-refractivity contribution >= 4 is 54.4 Å². The van der Waals surface area contributed by atoms with E-state index in [-0.39, 0.29) is 14.8 Å². The van der Waals surface area contributed by atoms with Gasteiger partial charge in [0.2, 0.25) is 0 Å². The normalized spacial score (nSPS) is 11.9. The molecule has 3 aromatic rings. The Morgan fingerprint density at radius 3 is 2.07 bits per heavy atom. The number of nitrogens with one attached hydrogen (secondary N) is 2. The van der Waals surface area contributed by atoms with Gasteiger partial charge in [-0.25, -0.2) is 16.8 Å². The number of benzene rings is 2. The SMILES string of the molecule is Cc1ccc(S(=O)(=O)Nc2cccc(S(=O)(=O)Nc3cccc(Cl)c3)c2)s1. The monoisotopic (exact) mass is 442 g/mol. The molecule has 2 aromatic carbocycles. The molecule has 0 aliphatic heterocycles. The van der Waals surface area contributed by atoms with E-state index in [1.807, 2.05) is 0 Å². The number of anilines is 2. The molecule has 0 saturated heterocycles. The van der Waals surface area contributed by atoms with Gasteiger partial charge in [0.1, 0.15) is 4.21 Å². The first-order valence-corrected chi connectivity index (χ1v) is 11.8. The lowest BCUT2D eigenvalue weighted by atomic mass is 10.3. The highest BCUT2D eigenvalue weighted by atomic mass is 35.5. The van der Waals surface area contributed by atoms with E-state index in [0.29, 0.717) is 10.7 Å². The van der Waals surface area contributed by atoms with E-state index in [0.717, 1.165) is 16.2 Å². The van der Waals surface area contributed by atoms with Crippen LogP contribution >= 0.6 is 22.9 Å². The van der Waals surface area contributed by atoms with Crippen LogP contribution in [0.5, 0.6) is 0 Å². The number of hydrogen-bond acceptors (Lipinski definition) is 5. The Bertz CT molecular complexity index is 1190. The highest BCUT2D eigenvalue weighted by Gasteiger charge is 2.19. The lowest BCUT2D eigenvalue weighted by Crippen LogP contribution is -2.15. The first-order valence-electron chi connectivity index (χ1n) is 7.63. The highest BCUT2D eigenvalue weighted by molar-refractivity contribution is 7.94. The fourth-order valence-corrected chi connectivity index (χ4v) is 5.87. The molecule has 6 nitrogen and oxygen atoms in total. The fourth-order valence-electron chi connectivity index (χ4n) is 2.25. The zero-order chi connectivity index (χ0) is 19.7. The standard InChI is InChI=1S/C17H15ClN2O4S3/c1-12-8-9-17(25-12)27(23,24)20-15-6-3-7-16(11-15)26(21,22)19-14-5-2-4-13(18)10-14/h2-11,19-20H,1H3. The summed E-state index contributed by atoms with van der Waals surface area (Å²) in [6.45, 7) is 1.80. The van der Waals surface area contributed by atoms with Crippen molar-refractivity contribution in [2.24, 2.45) is 0 Å². The van der Waals surface area contributed by atoms with E-state index >= 15 is 0 Å². The smallest absolute Gasteiger partial charge is 0.271 e. The molecule has 0 atom stereocenters. The van der Waals surface area contributed by atoms with Gasteiger partial charge >= 0.3 is 0 Å². The minimum absolute atomic E-state index is 0.0787. The van der Waals surface area contributed by atoms with Crippen LogP contribution in [0.4, 0.5) is 11.4 Å². The quantitative estimate of drug-likeness (QED) is 0.594. The number of rotatable bonds is 6. The second-order valence-electron chi connectivity index (χ2n) is 5.61. The van der Waals surface area contributed by atoms with Crippen molar-refractivity contribution in [2.75, 3.05) is 9.44 Å². The molecule has 0 fully saturated rings. The molecule has 0 amide bonds. The predicted molar refractivity (Wildman–Crippen MR) is 109 cm³/mol. The Morgan fingerprint density at radius 2 is 1.44 bits per heavy atom. The van der Waals surface area contributed by atoms with Gasteiger partial charge in [-0.05, 0) is 55.5 Å². The van der Waals surface area contributed by atoms with Crippen molar-refractivity contribution in [1.29, 1.82) is 0 Å². The van der Waals surface area contributed by atoms with Crippen molar-refractivity contribution in [1.82, 2.24) is 0 Å². The average Bonchev–Trinajstić information content (AvgIpc) is 3.02. The first kappa shape index (κ1) is 19.7. The summed E-state index contributed by atoms with van der Waals surface area (Å²) in [6.07, 6.45) is 0. The van der Waals surface area contributed by atoms with Gasteiger partial charge in [-0.2, -0.15) is 0 Å². The van der Waals surface area contributed by atoms with E-state index in [4.69, 9.17) is 11.6 Å². The Labute approximate surface area is 166 Å². The lowest BCUT2D eigenvalue weighted by Gasteiger charge is -2.11. The molecule has 0 unspecified atom stereocenters. The van der Waals surface area contributed by atoms with Crippen molar-refractivity contribution in [2.45, 2.75) is 16.0 Å². The second-order valence-corrected chi connectivity index (χ2v) is 10.9. The van der Waals surface area contributed by atoms with Crippen LogP contribution < -0.4 is 9.44 Å². The van der Waals surface area contributed by atoms with E-state index < -0.39 is 20.0 Å². The van der Waals surface area contributed by atoms with Crippen LogP contribution in [0.2, 0.25) is 5.02 Å². The summed E-state index contributed by atoms with van der Waals surface area (Å²) >= 11 is 7.00. The molecule has 1 aromatic heterocycles. The summed E-state index contributed by atoms with van der Waals surface area (Å²) < 4.78 is 55.0. The van der Waals surface area contributed by atoms with Crippen molar-refractivity contribution in [3.63, 3.8) is 0 Å². The van der Waals surface area contributed by atoms with Crippen LogP contribution in [0.15, 0.2) is 69.8 Å². The third-order valence-corrected chi connectivity index (χ3v) is 7.94. The van der Waals surface area contributed by atoms with Crippen LogP contribution in [-0.2, 0) is 20.0 Å². The van der Waals surface area contributed by atoms with Crippen LogP contribution in [0.1, 0.15) is 4.88 Å². The summed E-state index contributed by atoms with van der Waals surface area (Å²) in [7, 11) is -7.69. The van der Waals surface area contributed by atoms with Gasteiger partial charge < -0.3 is 0 Å². The maximum atomic E-state index is 12.6. The van der Waals surface area contributed by atoms with Crippen LogP contribution in [0.25, 0.3) is 0 Å². The zero-order valence-electron chi connectivity index (χ0n) is 14.0. The van der Waals surface area contributed by atoms with Gasteiger partial charge in [0.25, 0.3) is 20.0 Å². The molecule has 0 saturated carbocycles. The Morgan fingerprint density at radius 1 is 0.815 bits per heavy atom. The minimum Gasteiger partial charge on any atom is -0.280 e. The molecule has 27 heavy (non-hydrogen) atoms. The van der Waals surface area contributed by atoms with Crippen LogP contribution in [-0.4, -0.2) is 16.8 Å². The van der Waals surface area contributed by atoms with Gasteiger partial charge in [-0.3, -0.25) is 9.44 Å². The molecule has 1 heterocycles. The molecule has 0 aliphatic carbocycles. The third kappa shape index (κ3) is 4.81. The van der Waals surface area contributed by atoms with E-state index in [9.17, 15) is 16.8 Å². The average molecular weight is 443 g/mol. The fraction of sp³-hybridized carbons (Fsp3) is 0.0588. The molecule has 142 valence electrons. The number of halogens is 1. The zero-order valence-corrected chi connectivity index (χ0v) is 17.2. The summed E-state index contributed by atoms with van der Waals surface area (Å²) in [5, 5.41) is 0.392. The Hall–Kier alpha value is -2.07. The van der Waals surface area contributed by atoms with Crippen molar-refractivity contribution < 1.29 is 16.8 Å². The van der Waals surface area contributed by atoms with E-state index in [1.165, 1.54) is 36.4 Å². The first-order chi connectivity index (χ1) is 12.7. The minimum atomic E-state index is -3.91.